The van der Waals surface area contributed by atoms with Gasteiger partial charge in [-0.2, -0.15) is 0 Å². The first kappa shape index (κ1) is 13.1. The summed E-state index contributed by atoms with van der Waals surface area (Å²) in [5, 5.41) is 3.09. The topological polar surface area (TPSA) is 63.6 Å². The van der Waals surface area contributed by atoms with E-state index in [4.69, 9.17) is 0 Å². The van der Waals surface area contributed by atoms with Crippen molar-refractivity contribution in [2.24, 2.45) is 0 Å². The standard InChI is InChI=1S/C12H14IN5/c1-7(2)10-9(13)12(14-3)18-11(17-10)8-6-15-4-5-16-8/h4-7H,1-3H3,(H,14,17,18). The summed E-state index contributed by atoms with van der Waals surface area (Å²) in [4.78, 5) is 17.3. The highest BCUT2D eigenvalue weighted by atomic mass is 127. The Kier molecular flexibility index (Phi) is 4.05. The Morgan fingerprint density at radius 3 is 2.56 bits per heavy atom. The van der Waals surface area contributed by atoms with Crippen LogP contribution in [-0.4, -0.2) is 27.0 Å². The third-order valence-corrected chi connectivity index (χ3v) is 3.52. The molecule has 5 nitrogen and oxygen atoms in total. The van der Waals surface area contributed by atoms with Gasteiger partial charge in [-0.1, -0.05) is 13.8 Å². The van der Waals surface area contributed by atoms with E-state index in [1.54, 1.807) is 18.6 Å². The molecule has 0 radical (unpaired) electrons. The van der Waals surface area contributed by atoms with Crippen LogP contribution in [0.2, 0.25) is 0 Å². The molecule has 0 saturated carbocycles. The Morgan fingerprint density at radius 1 is 1.22 bits per heavy atom. The van der Waals surface area contributed by atoms with E-state index in [2.05, 4.69) is 61.7 Å². The highest BCUT2D eigenvalue weighted by molar-refractivity contribution is 14.1. The van der Waals surface area contributed by atoms with Crippen LogP contribution in [0.1, 0.15) is 25.5 Å². The van der Waals surface area contributed by atoms with E-state index in [0.717, 1.165) is 15.1 Å². The molecule has 0 spiro atoms. The second-order valence-corrected chi connectivity index (χ2v) is 5.17. The van der Waals surface area contributed by atoms with Gasteiger partial charge in [0, 0.05) is 19.4 Å². The van der Waals surface area contributed by atoms with Gasteiger partial charge in [-0.25, -0.2) is 15.0 Å². The summed E-state index contributed by atoms with van der Waals surface area (Å²) in [6.07, 6.45) is 4.95. The van der Waals surface area contributed by atoms with E-state index < -0.39 is 0 Å². The Bertz CT molecular complexity index is 542. The second-order valence-electron chi connectivity index (χ2n) is 4.09. The van der Waals surface area contributed by atoms with Crippen molar-refractivity contribution in [2.75, 3.05) is 12.4 Å². The van der Waals surface area contributed by atoms with Crippen LogP contribution in [0.25, 0.3) is 11.5 Å². The van der Waals surface area contributed by atoms with Crippen LogP contribution < -0.4 is 5.32 Å². The zero-order valence-corrected chi connectivity index (χ0v) is 12.6. The van der Waals surface area contributed by atoms with Crippen LogP contribution in [0.3, 0.4) is 0 Å². The first-order chi connectivity index (χ1) is 8.63. The van der Waals surface area contributed by atoms with Gasteiger partial charge in [-0.3, -0.25) is 4.98 Å². The maximum Gasteiger partial charge on any atom is 0.182 e. The number of anilines is 1. The highest BCUT2D eigenvalue weighted by Crippen LogP contribution is 2.27. The number of halogens is 1. The van der Waals surface area contributed by atoms with Gasteiger partial charge in [0.25, 0.3) is 0 Å². The van der Waals surface area contributed by atoms with Gasteiger partial charge in [0.05, 0.1) is 15.5 Å². The molecule has 18 heavy (non-hydrogen) atoms. The van der Waals surface area contributed by atoms with Gasteiger partial charge in [0.1, 0.15) is 11.5 Å². The molecule has 1 N–H and O–H groups in total. The summed E-state index contributed by atoms with van der Waals surface area (Å²) in [7, 11) is 1.86. The fourth-order valence-electron chi connectivity index (χ4n) is 1.54. The summed E-state index contributed by atoms with van der Waals surface area (Å²) in [6, 6.07) is 0. The third-order valence-electron chi connectivity index (χ3n) is 2.45. The molecular weight excluding hydrogens is 341 g/mol. The molecule has 0 aliphatic carbocycles. The van der Waals surface area contributed by atoms with E-state index in [9.17, 15) is 0 Å². The predicted octanol–water partition coefficient (Wildman–Crippen LogP) is 2.70. The molecule has 0 saturated heterocycles. The van der Waals surface area contributed by atoms with E-state index in [1.807, 2.05) is 7.05 Å². The van der Waals surface area contributed by atoms with Crippen LogP contribution in [-0.2, 0) is 0 Å². The normalized spacial score (nSPS) is 10.7. The molecular formula is C12H14IN5. The van der Waals surface area contributed by atoms with Gasteiger partial charge in [-0.15, -0.1) is 0 Å². The van der Waals surface area contributed by atoms with Gasteiger partial charge in [-0.05, 0) is 28.5 Å². The average Bonchev–Trinajstić information content (AvgIpc) is 2.39. The lowest BCUT2D eigenvalue weighted by Crippen LogP contribution is -2.07. The molecule has 0 aromatic carbocycles. The van der Waals surface area contributed by atoms with Gasteiger partial charge < -0.3 is 5.32 Å². The molecule has 2 aromatic heterocycles. The summed E-state index contributed by atoms with van der Waals surface area (Å²) in [6.45, 7) is 4.23. The van der Waals surface area contributed by atoms with Gasteiger partial charge in [0.15, 0.2) is 5.82 Å². The van der Waals surface area contributed by atoms with Gasteiger partial charge >= 0.3 is 0 Å². The molecule has 0 aliphatic heterocycles. The van der Waals surface area contributed by atoms with Crippen molar-refractivity contribution in [3.63, 3.8) is 0 Å². The number of nitrogens with zero attached hydrogens (tertiary/aromatic N) is 4. The summed E-state index contributed by atoms with van der Waals surface area (Å²) in [5.41, 5.74) is 1.71. The molecule has 2 heterocycles. The van der Waals surface area contributed by atoms with Gasteiger partial charge in [0.2, 0.25) is 0 Å². The summed E-state index contributed by atoms with van der Waals surface area (Å²) in [5.74, 6) is 1.77. The SMILES string of the molecule is CNc1nc(-c2cnccn2)nc(C(C)C)c1I. The number of rotatable bonds is 3. The van der Waals surface area contributed by atoms with Crippen molar-refractivity contribution < 1.29 is 0 Å². The van der Waals surface area contributed by atoms with Crippen molar-refractivity contribution in [1.29, 1.82) is 0 Å². The minimum atomic E-state index is 0.336. The molecule has 0 unspecified atom stereocenters. The van der Waals surface area contributed by atoms with Crippen LogP contribution in [0.5, 0.6) is 0 Å². The lowest BCUT2D eigenvalue weighted by Gasteiger charge is -2.12. The van der Waals surface area contributed by atoms with Crippen molar-refractivity contribution in [1.82, 2.24) is 19.9 Å². The fourth-order valence-corrected chi connectivity index (χ4v) is 2.68. The Hall–Kier alpha value is -1.31. The Labute approximate surface area is 120 Å². The zero-order valence-electron chi connectivity index (χ0n) is 10.5. The average molecular weight is 355 g/mol. The van der Waals surface area contributed by atoms with Crippen LogP contribution in [0.15, 0.2) is 18.6 Å². The van der Waals surface area contributed by atoms with E-state index >= 15 is 0 Å². The van der Waals surface area contributed by atoms with Crippen molar-refractivity contribution >= 4 is 28.4 Å². The predicted molar refractivity (Wildman–Crippen MR) is 79.4 cm³/mol. The smallest absolute Gasteiger partial charge is 0.182 e. The van der Waals surface area contributed by atoms with Crippen molar-refractivity contribution in [3.05, 3.63) is 27.9 Å². The van der Waals surface area contributed by atoms with Crippen LogP contribution in [0.4, 0.5) is 5.82 Å². The number of aromatic nitrogens is 4. The molecule has 0 atom stereocenters. The Balaban J connectivity index is 2.59. The molecule has 0 fully saturated rings. The van der Waals surface area contributed by atoms with Crippen molar-refractivity contribution in [2.45, 2.75) is 19.8 Å². The lowest BCUT2D eigenvalue weighted by molar-refractivity contribution is 0.808. The van der Waals surface area contributed by atoms with E-state index in [1.165, 1.54) is 0 Å². The summed E-state index contributed by atoms with van der Waals surface area (Å²) >= 11 is 2.27. The zero-order chi connectivity index (χ0) is 13.1. The molecule has 0 aliphatic rings. The monoisotopic (exact) mass is 355 g/mol. The highest BCUT2D eigenvalue weighted by Gasteiger charge is 2.15. The molecule has 0 bridgehead atoms. The fraction of sp³-hybridized carbons (Fsp3) is 0.333. The van der Waals surface area contributed by atoms with Crippen LogP contribution >= 0.6 is 22.6 Å². The maximum atomic E-state index is 4.59. The molecule has 0 amide bonds. The molecule has 2 aromatic rings. The van der Waals surface area contributed by atoms with E-state index in [0.29, 0.717) is 17.4 Å². The molecule has 6 heteroatoms. The maximum absolute atomic E-state index is 4.59. The third kappa shape index (κ3) is 2.58. The lowest BCUT2D eigenvalue weighted by atomic mass is 10.1. The van der Waals surface area contributed by atoms with Crippen LogP contribution in [0, 0.1) is 3.57 Å². The quantitative estimate of drug-likeness (QED) is 0.858. The first-order valence-electron chi connectivity index (χ1n) is 5.65. The summed E-state index contributed by atoms with van der Waals surface area (Å²) < 4.78 is 1.05. The number of nitrogens with one attached hydrogen (secondary N) is 1. The number of hydrogen-bond acceptors (Lipinski definition) is 5. The van der Waals surface area contributed by atoms with E-state index in [-0.39, 0.29) is 0 Å². The first-order valence-corrected chi connectivity index (χ1v) is 6.73. The minimum absolute atomic E-state index is 0.336. The minimum Gasteiger partial charge on any atom is -0.372 e. The largest absolute Gasteiger partial charge is 0.372 e. The molecule has 2 rings (SSSR count). The number of hydrogen-bond donors (Lipinski definition) is 1. The Morgan fingerprint density at radius 2 is 2.00 bits per heavy atom. The molecule has 94 valence electrons. The second kappa shape index (κ2) is 5.55. The van der Waals surface area contributed by atoms with Crippen molar-refractivity contribution in [3.8, 4) is 11.5 Å².